The van der Waals surface area contributed by atoms with Crippen molar-refractivity contribution >= 4 is 17.6 Å². The summed E-state index contributed by atoms with van der Waals surface area (Å²) in [5, 5.41) is -0.207. The van der Waals surface area contributed by atoms with Crippen molar-refractivity contribution in [2.24, 2.45) is 5.92 Å². The molecule has 2 rings (SSSR count). The van der Waals surface area contributed by atoms with Crippen molar-refractivity contribution in [2.45, 2.75) is 110 Å². The Hall–Kier alpha value is -2.14. The third-order valence-electron chi connectivity index (χ3n) is 6.51. The van der Waals surface area contributed by atoms with E-state index >= 15 is 0 Å². The molecule has 1 aromatic carbocycles. The maximum absolute atomic E-state index is 12.6. The van der Waals surface area contributed by atoms with Gasteiger partial charge in [-0.25, -0.2) is 9.97 Å². The van der Waals surface area contributed by atoms with Crippen LogP contribution < -0.4 is 9.47 Å². The lowest BCUT2D eigenvalue weighted by Crippen LogP contribution is -2.26. The lowest BCUT2D eigenvalue weighted by Gasteiger charge is -2.17. The number of esters is 1. The summed E-state index contributed by atoms with van der Waals surface area (Å²) < 4.78 is 11.2. The van der Waals surface area contributed by atoms with Gasteiger partial charge in [0.1, 0.15) is 5.75 Å². The third-order valence-corrected chi connectivity index (χ3v) is 7.11. The quantitative estimate of drug-likeness (QED) is 0.0807. The van der Waals surface area contributed by atoms with Gasteiger partial charge in [0.2, 0.25) is 0 Å². The number of hydrogen-bond donors (Lipinski definition) is 0. The van der Waals surface area contributed by atoms with E-state index in [1.54, 1.807) is 24.5 Å². The number of halogens is 1. The highest BCUT2D eigenvalue weighted by Crippen LogP contribution is 2.24. The number of ether oxygens (including phenoxy) is 2. The van der Waals surface area contributed by atoms with E-state index in [1.165, 1.54) is 64.2 Å². The van der Waals surface area contributed by atoms with Crippen LogP contribution >= 0.6 is 11.6 Å². The lowest BCUT2D eigenvalue weighted by atomic mass is 10.0. The monoisotopic (exact) mass is 516 g/mol. The minimum atomic E-state index is -0.348. The Bertz CT molecular complexity index is 842. The Morgan fingerprint density at radius 3 is 1.97 bits per heavy atom. The molecule has 200 valence electrons. The molecule has 5 nitrogen and oxygen atoms in total. The molecule has 0 aliphatic rings. The van der Waals surface area contributed by atoms with E-state index in [-0.39, 0.29) is 17.3 Å². The molecule has 0 amide bonds. The van der Waals surface area contributed by atoms with E-state index < -0.39 is 0 Å². The molecule has 0 fully saturated rings. The minimum absolute atomic E-state index is 0.207. The average molecular weight is 517 g/mol. The van der Waals surface area contributed by atoms with Gasteiger partial charge < -0.3 is 9.47 Å². The zero-order valence-electron chi connectivity index (χ0n) is 22.5. The number of benzene rings is 1. The van der Waals surface area contributed by atoms with Gasteiger partial charge in [0.15, 0.2) is 0 Å². The zero-order chi connectivity index (χ0) is 26.0. The molecular formula is C30H45ClN2O3. The Morgan fingerprint density at radius 1 is 0.806 bits per heavy atom. The van der Waals surface area contributed by atoms with Gasteiger partial charge in [-0.1, -0.05) is 104 Å². The van der Waals surface area contributed by atoms with Crippen molar-refractivity contribution in [1.29, 1.82) is 0 Å². The Morgan fingerprint density at radius 2 is 1.36 bits per heavy atom. The van der Waals surface area contributed by atoms with Crippen LogP contribution in [0.15, 0.2) is 36.7 Å². The fourth-order valence-electron chi connectivity index (χ4n) is 4.03. The van der Waals surface area contributed by atoms with Crippen molar-refractivity contribution in [3.63, 3.8) is 0 Å². The number of rotatable bonds is 19. The summed E-state index contributed by atoms with van der Waals surface area (Å²) in [5.41, 5.74) is 1.83. The highest BCUT2D eigenvalue weighted by atomic mass is 35.5. The minimum Gasteiger partial charge on any atom is -0.463 e. The second-order valence-corrected chi connectivity index (χ2v) is 10.2. The smallest absolute Gasteiger partial charge is 0.316 e. The van der Waals surface area contributed by atoms with Crippen LogP contribution in [0.2, 0.25) is 0 Å². The average Bonchev–Trinajstić information content (AvgIpc) is 2.90. The standard InChI is InChI=1S/C30H45ClN2O3/c1-4-6-8-10-12-14-16-28(31)24(3)29(34)36-27-19-17-25(18-20-27)26-22-32-30(33-23-26)35-21-15-13-11-9-7-5-2/h17-20,22-24,28H,4-16,21H2,1-3H3/t24-,28+/m0/s1. The topological polar surface area (TPSA) is 61.3 Å². The van der Waals surface area contributed by atoms with Gasteiger partial charge in [0, 0.05) is 23.3 Å². The molecule has 0 saturated heterocycles. The Balaban J connectivity index is 1.73. The first-order chi connectivity index (χ1) is 17.5. The summed E-state index contributed by atoms with van der Waals surface area (Å²) in [4.78, 5) is 21.2. The highest BCUT2D eigenvalue weighted by Gasteiger charge is 2.23. The Labute approximate surface area is 223 Å². The molecule has 0 aliphatic carbocycles. The van der Waals surface area contributed by atoms with Gasteiger partial charge >= 0.3 is 12.0 Å². The first-order valence-corrected chi connectivity index (χ1v) is 14.4. The SMILES string of the molecule is CCCCCCCCOc1ncc(-c2ccc(OC(=O)[C@@H](C)[C@H](Cl)CCCCCCCC)cc2)cn1. The molecule has 0 bridgehead atoms. The molecule has 6 heteroatoms. The number of carbonyl (C=O) groups is 1. The number of hydrogen-bond acceptors (Lipinski definition) is 5. The zero-order valence-corrected chi connectivity index (χ0v) is 23.3. The fraction of sp³-hybridized carbons (Fsp3) is 0.633. The van der Waals surface area contributed by atoms with Gasteiger partial charge in [-0.15, -0.1) is 11.6 Å². The van der Waals surface area contributed by atoms with E-state index in [1.807, 2.05) is 19.1 Å². The number of nitrogens with zero attached hydrogens (tertiary/aromatic N) is 2. The van der Waals surface area contributed by atoms with Crippen LogP contribution in [0.4, 0.5) is 0 Å². The van der Waals surface area contributed by atoms with Gasteiger partial charge in [-0.05, 0) is 30.5 Å². The van der Waals surface area contributed by atoms with Gasteiger partial charge in [0.25, 0.3) is 0 Å². The van der Waals surface area contributed by atoms with Gasteiger partial charge in [-0.3, -0.25) is 4.79 Å². The van der Waals surface area contributed by atoms with E-state index in [9.17, 15) is 4.79 Å². The molecule has 0 aliphatic heterocycles. The van der Waals surface area contributed by atoms with Crippen molar-refractivity contribution < 1.29 is 14.3 Å². The molecule has 1 heterocycles. The molecule has 0 spiro atoms. The van der Waals surface area contributed by atoms with Gasteiger partial charge in [0.05, 0.1) is 12.5 Å². The molecule has 0 saturated carbocycles. The summed E-state index contributed by atoms with van der Waals surface area (Å²) in [7, 11) is 0. The number of aromatic nitrogens is 2. The summed E-state index contributed by atoms with van der Waals surface area (Å²) in [6.45, 7) is 6.93. The van der Waals surface area contributed by atoms with Crippen LogP contribution in [0.5, 0.6) is 11.8 Å². The van der Waals surface area contributed by atoms with E-state index in [0.717, 1.165) is 30.4 Å². The van der Waals surface area contributed by atoms with E-state index in [2.05, 4.69) is 23.8 Å². The number of unbranched alkanes of at least 4 members (excludes halogenated alkanes) is 10. The van der Waals surface area contributed by atoms with E-state index in [0.29, 0.717) is 18.4 Å². The normalized spacial score (nSPS) is 12.8. The van der Waals surface area contributed by atoms with Crippen LogP contribution in [0.1, 0.15) is 104 Å². The largest absolute Gasteiger partial charge is 0.463 e. The molecule has 0 N–H and O–H groups in total. The second kappa shape index (κ2) is 18.2. The summed E-state index contributed by atoms with van der Waals surface area (Å²) in [6.07, 6.45) is 18.9. The summed E-state index contributed by atoms with van der Waals surface area (Å²) in [6, 6.07) is 7.79. The summed E-state index contributed by atoms with van der Waals surface area (Å²) >= 11 is 6.49. The first kappa shape index (κ1) is 30.1. The van der Waals surface area contributed by atoms with Crippen molar-refractivity contribution in [3.05, 3.63) is 36.7 Å². The molecule has 2 aromatic rings. The van der Waals surface area contributed by atoms with Crippen LogP contribution in [0.25, 0.3) is 11.1 Å². The third kappa shape index (κ3) is 11.7. The van der Waals surface area contributed by atoms with Crippen LogP contribution in [-0.2, 0) is 4.79 Å². The van der Waals surface area contributed by atoms with Crippen molar-refractivity contribution in [1.82, 2.24) is 9.97 Å². The molecule has 0 radical (unpaired) electrons. The van der Waals surface area contributed by atoms with Crippen LogP contribution in [0.3, 0.4) is 0 Å². The molecule has 1 aromatic heterocycles. The molecular weight excluding hydrogens is 472 g/mol. The van der Waals surface area contributed by atoms with Gasteiger partial charge in [-0.2, -0.15) is 0 Å². The molecule has 36 heavy (non-hydrogen) atoms. The maximum atomic E-state index is 12.6. The number of alkyl halides is 1. The Kier molecular flexibility index (Phi) is 15.2. The number of carbonyl (C=O) groups excluding carboxylic acids is 1. The maximum Gasteiger partial charge on any atom is 0.316 e. The first-order valence-electron chi connectivity index (χ1n) is 14.0. The second-order valence-electron chi connectivity index (χ2n) is 9.68. The van der Waals surface area contributed by atoms with Crippen molar-refractivity contribution in [2.75, 3.05) is 6.61 Å². The van der Waals surface area contributed by atoms with Crippen molar-refractivity contribution in [3.8, 4) is 22.9 Å². The fourth-order valence-corrected chi connectivity index (χ4v) is 4.28. The predicted octanol–water partition coefficient (Wildman–Crippen LogP) is 8.78. The van der Waals surface area contributed by atoms with E-state index in [4.69, 9.17) is 21.1 Å². The highest BCUT2D eigenvalue weighted by molar-refractivity contribution is 6.21. The predicted molar refractivity (Wildman–Crippen MR) is 149 cm³/mol. The molecule has 0 unspecified atom stereocenters. The van der Waals surface area contributed by atoms with Crippen LogP contribution in [0, 0.1) is 5.92 Å². The molecule has 2 atom stereocenters. The lowest BCUT2D eigenvalue weighted by molar-refractivity contribution is -0.138. The van der Waals surface area contributed by atoms with Crippen LogP contribution in [-0.4, -0.2) is 27.9 Å². The summed E-state index contributed by atoms with van der Waals surface area (Å²) in [5.74, 6) is -0.123.